The van der Waals surface area contributed by atoms with Crippen LogP contribution in [0.25, 0.3) is 0 Å². The molecule has 0 aliphatic rings. The summed E-state index contributed by atoms with van der Waals surface area (Å²) in [7, 11) is 0. The van der Waals surface area contributed by atoms with E-state index in [9.17, 15) is 5.11 Å². The number of halogens is 1. The summed E-state index contributed by atoms with van der Waals surface area (Å²) < 4.78 is 0. The monoisotopic (exact) mass is 254 g/mol. The van der Waals surface area contributed by atoms with Crippen LogP contribution in [0.1, 0.15) is 22.5 Å². The molecule has 0 saturated carbocycles. The fourth-order valence-electron chi connectivity index (χ4n) is 1.44. The van der Waals surface area contributed by atoms with Crippen LogP contribution in [0.15, 0.2) is 23.7 Å². The summed E-state index contributed by atoms with van der Waals surface area (Å²) in [6.07, 6.45) is 1.37. The summed E-state index contributed by atoms with van der Waals surface area (Å²) in [5, 5.41) is 13.4. The molecule has 1 atom stereocenters. The maximum atomic E-state index is 9.98. The molecule has 2 rings (SSSR count). The van der Waals surface area contributed by atoms with Gasteiger partial charge in [-0.15, -0.1) is 11.3 Å². The normalized spacial score (nSPS) is 12.7. The number of aryl methyl sites for hydroxylation is 1. The average molecular weight is 255 g/mol. The molecular formula is C11H11ClN2OS. The minimum absolute atomic E-state index is 0.446. The molecule has 2 heterocycles. The van der Waals surface area contributed by atoms with E-state index in [1.165, 1.54) is 0 Å². The first-order chi connectivity index (χ1) is 7.66. The fraction of sp³-hybridized carbons (Fsp3) is 0.273. The molecule has 1 unspecified atom stereocenters. The Bertz CT molecular complexity index is 486. The third-order valence-electron chi connectivity index (χ3n) is 2.17. The largest absolute Gasteiger partial charge is 0.386 e. The summed E-state index contributed by atoms with van der Waals surface area (Å²) in [5.74, 6) is 0. The van der Waals surface area contributed by atoms with Crippen LogP contribution in [-0.4, -0.2) is 15.1 Å². The third-order valence-corrected chi connectivity index (χ3v) is 3.31. The van der Waals surface area contributed by atoms with Gasteiger partial charge in [-0.25, -0.2) is 4.98 Å². The highest BCUT2D eigenvalue weighted by molar-refractivity contribution is 7.09. The molecule has 0 aliphatic carbocycles. The first kappa shape index (κ1) is 11.5. The van der Waals surface area contributed by atoms with Crippen LogP contribution in [-0.2, 0) is 6.42 Å². The molecule has 0 radical (unpaired) electrons. The summed E-state index contributed by atoms with van der Waals surface area (Å²) in [5.41, 5.74) is 1.38. The Morgan fingerprint density at radius 1 is 1.56 bits per heavy atom. The number of aromatic nitrogens is 2. The van der Waals surface area contributed by atoms with Crippen molar-refractivity contribution in [3.8, 4) is 0 Å². The Labute approximate surface area is 103 Å². The Hall–Kier alpha value is -0.970. The van der Waals surface area contributed by atoms with Crippen molar-refractivity contribution in [2.24, 2.45) is 0 Å². The number of nitrogens with zero attached hydrogens (tertiary/aromatic N) is 2. The second-order valence-electron chi connectivity index (χ2n) is 3.45. The molecule has 3 nitrogen and oxygen atoms in total. The van der Waals surface area contributed by atoms with Crippen LogP contribution in [0.3, 0.4) is 0 Å². The molecule has 5 heteroatoms. The molecule has 84 valence electrons. The van der Waals surface area contributed by atoms with Crippen LogP contribution < -0.4 is 0 Å². The molecule has 0 spiro atoms. The summed E-state index contributed by atoms with van der Waals surface area (Å²) in [6, 6.07) is 3.46. The number of aliphatic hydroxyl groups is 1. The second-order valence-corrected chi connectivity index (χ2v) is 4.92. The van der Waals surface area contributed by atoms with Crippen LogP contribution in [0.2, 0.25) is 5.02 Å². The minimum Gasteiger partial charge on any atom is -0.386 e. The number of aliphatic hydroxyl groups excluding tert-OH is 1. The molecule has 0 aliphatic heterocycles. The van der Waals surface area contributed by atoms with Crippen molar-refractivity contribution in [1.82, 2.24) is 9.97 Å². The fourth-order valence-corrected chi connectivity index (χ4v) is 2.31. The standard InChI is InChI=1S/C11H11ClN2OS/c1-7-14-8(6-16-7)5-10(15)11-9(12)3-2-4-13-11/h2-4,6,10,15H,5H2,1H3. The zero-order valence-corrected chi connectivity index (χ0v) is 10.3. The molecule has 0 amide bonds. The smallest absolute Gasteiger partial charge is 0.103 e. The zero-order valence-electron chi connectivity index (χ0n) is 8.72. The Balaban J connectivity index is 2.14. The van der Waals surface area contributed by atoms with Gasteiger partial charge in [-0.3, -0.25) is 4.98 Å². The SMILES string of the molecule is Cc1nc(CC(O)c2ncccc2Cl)cs1. The molecule has 0 bridgehead atoms. The van der Waals surface area contributed by atoms with Gasteiger partial charge in [-0.2, -0.15) is 0 Å². The second kappa shape index (κ2) is 4.91. The number of hydrogen-bond donors (Lipinski definition) is 1. The lowest BCUT2D eigenvalue weighted by molar-refractivity contribution is 0.172. The lowest BCUT2D eigenvalue weighted by Gasteiger charge is -2.09. The van der Waals surface area contributed by atoms with Gasteiger partial charge in [-0.05, 0) is 19.1 Å². The highest BCUT2D eigenvalue weighted by Gasteiger charge is 2.14. The lowest BCUT2D eigenvalue weighted by atomic mass is 10.1. The van der Waals surface area contributed by atoms with Crippen molar-refractivity contribution >= 4 is 22.9 Å². The molecular weight excluding hydrogens is 244 g/mol. The molecule has 0 saturated heterocycles. The summed E-state index contributed by atoms with van der Waals surface area (Å²) >= 11 is 7.52. The highest BCUT2D eigenvalue weighted by Crippen LogP contribution is 2.23. The van der Waals surface area contributed by atoms with E-state index in [2.05, 4.69) is 9.97 Å². The quantitative estimate of drug-likeness (QED) is 0.916. The average Bonchev–Trinajstić information content (AvgIpc) is 2.64. The van der Waals surface area contributed by atoms with Gasteiger partial charge >= 0.3 is 0 Å². The van der Waals surface area contributed by atoms with Gasteiger partial charge in [0.15, 0.2) is 0 Å². The van der Waals surface area contributed by atoms with E-state index in [0.717, 1.165) is 10.7 Å². The highest BCUT2D eigenvalue weighted by atomic mass is 35.5. The molecule has 2 aromatic heterocycles. The molecule has 0 aromatic carbocycles. The van der Waals surface area contributed by atoms with Gasteiger partial charge in [0, 0.05) is 18.0 Å². The number of pyridine rings is 1. The van der Waals surface area contributed by atoms with Crippen molar-refractivity contribution in [3.05, 3.63) is 45.1 Å². The van der Waals surface area contributed by atoms with E-state index in [1.54, 1.807) is 29.7 Å². The van der Waals surface area contributed by atoms with Gasteiger partial charge in [-0.1, -0.05) is 11.6 Å². The molecule has 2 aromatic rings. The van der Waals surface area contributed by atoms with E-state index in [1.807, 2.05) is 12.3 Å². The van der Waals surface area contributed by atoms with Gasteiger partial charge in [0.05, 0.1) is 21.4 Å². The number of thiazole rings is 1. The zero-order chi connectivity index (χ0) is 11.5. The Morgan fingerprint density at radius 2 is 2.38 bits per heavy atom. The van der Waals surface area contributed by atoms with E-state index in [0.29, 0.717) is 17.1 Å². The van der Waals surface area contributed by atoms with Crippen LogP contribution in [0, 0.1) is 6.92 Å². The van der Waals surface area contributed by atoms with Gasteiger partial charge in [0.1, 0.15) is 6.10 Å². The molecule has 1 N–H and O–H groups in total. The maximum Gasteiger partial charge on any atom is 0.103 e. The lowest BCUT2D eigenvalue weighted by Crippen LogP contribution is -2.05. The Kier molecular flexibility index (Phi) is 3.53. The van der Waals surface area contributed by atoms with Crippen LogP contribution in [0.5, 0.6) is 0 Å². The van der Waals surface area contributed by atoms with E-state index in [-0.39, 0.29) is 0 Å². The molecule has 16 heavy (non-hydrogen) atoms. The minimum atomic E-state index is -0.699. The molecule has 0 fully saturated rings. The summed E-state index contributed by atoms with van der Waals surface area (Å²) in [6.45, 7) is 1.94. The van der Waals surface area contributed by atoms with Crippen molar-refractivity contribution in [3.63, 3.8) is 0 Å². The van der Waals surface area contributed by atoms with Gasteiger partial charge in [0.25, 0.3) is 0 Å². The number of hydrogen-bond acceptors (Lipinski definition) is 4. The topological polar surface area (TPSA) is 46.0 Å². The van der Waals surface area contributed by atoms with Gasteiger partial charge in [0.2, 0.25) is 0 Å². The van der Waals surface area contributed by atoms with Crippen molar-refractivity contribution in [1.29, 1.82) is 0 Å². The van der Waals surface area contributed by atoms with E-state index >= 15 is 0 Å². The van der Waals surface area contributed by atoms with E-state index < -0.39 is 6.10 Å². The van der Waals surface area contributed by atoms with Crippen molar-refractivity contribution in [2.75, 3.05) is 0 Å². The van der Waals surface area contributed by atoms with Crippen molar-refractivity contribution < 1.29 is 5.11 Å². The summed E-state index contributed by atoms with van der Waals surface area (Å²) in [4.78, 5) is 8.37. The van der Waals surface area contributed by atoms with Crippen LogP contribution >= 0.6 is 22.9 Å². The van der Waals surface area contributed by atoms with Crippen molar-refractivity contribution in [2.45, 2.75) is 19.4 Å². The Morgan fingerprint density at radius 3 is 3.00 bits per heavy atom. The first-order valence-corrected chi connectivity index (χ1v) is 6.12. The van der Waals surface area contributed by atoms with E-state index in [4.69, 9.17) is 11.6 Å². The number of rotatable bonds is 3. The predicted molar refractivity (Wildman–Crippen MR) is 64.8 cm³/mol. The van der Waals surface area contributed by atoms with Gasteiger partial charge < -0.3 is 5.11 Å². The third kappa shape index (κ3) is 2.58. The van der Waals surface area contributed by atoms with Crippen LogP contribution in [0.4, 0.5) is 0 Å². The first-order valence-electron chi connectivity index (χ1n) is 4.86. The predicted octanol–water partition coefficient (Wildman–Crippen LogP) is 2.78. The maximum absolute atomic E-state index is 9.98.